The van der Waals surface area contributed by atoms with E-state index in [0.29, 0.717) is 12.2 Å². The van der Waals surface area contributed by atoms with Crippen molar-refractivity contribution in [3.05, 3.63) is 29.3 Å². The van der Waals surface area contributed by atoms with Gasteiger partial charge in [-0.3, -0.25) is 9.59 Å². The number of anilines is 1. The first-order chi connectivity index (χ1) is 12.1. The zero-order chi connectivity index (χ0) is 20.0. The van der Waals surface area contributed by atoms with Crippen molar-refractivity contribution >= 4 is 29.5 Å². The van der Waals surface area contributed by atoms with Crippen LogP contribution in [0.25, 0.3) is 0 Å². The van der Waals surface area contributed by atoms with E-state index in [1.54, 1.807) is 25.7 Å². The third-order valence-corrected chi connectivity index (χ3v) is 3.79. The molecule has 1 atom stereocenters. The number of carbonyl (C=O) groups excluding carboxylic acids is 1. The van der Waals surface area contributed by atoms with Gasteiger partial charge in [0, 0.05) is 12.2 Å². The van der Waals surface area contributed by atoms with Crippen LogP contribution >= 0.6 is 0 Å². The van der Waals surface area contributed by atoms with Gasteiger partial charge in [-0.25, -0.2) is 9.59 Å². The molecule has 0 fully saturated rings. The molecule has 0 heterocycles. The number of amides is 1. The minimum atomic E-state index is -1.39. The first kappa shape index (κ1) is 20.9. The van der Waals surface area contributed by atoms with Crippen LogP contribution < -0.4 is 10.2 Å². The maximum atomic E-state index is 12.4. The molecule has 0 aliphatic rings. The van der Waals surface area contributed by atoms with E-state index in [0.717, 1.165) is 0 Å². The Kier molecular flexibility index (Phi) is 7.12. The van der Waals surface area contributed by atoms with Gasteiger partial charge in [-0.05, 0) is 31.0 Å². The standard InChI is InChI=1S/C17H22N2O7/c1-4-19(14(9(2)3)15(22)18-8-13(20)21)10-5-6-11(16(23)24)12(7-10)17(25)26/h5-7,9,14H,4,8H2,1-3H3,(H,18,22)(H,20,21)(H,23,24)(H,25,26). The number of nitrogens with zero attached hydrogens (tertiary/aromatic N) is 1. The third-order valence-electron chi connectivity index (χ3n) is 3.79. The lowest BCUT2D eigenvalue weighted by atomic mass is 9.99. The molecule has 0 bridgehead atoms. The largest absolute Gasteiger partial charge is 0.480 e. The molecule has 0 radical (unpaired) electrons. The van der Waals surface area contributed by atoms with Crippen molar-refractivity contribution in [2.75, 3.05) is 18.0 Å². The van der Waals surface area contributed by atoms with Gasteiger partial charge in [-0.15, -0.1) is 0 Å². The summed E-state index contributed by atoms with van der Waals surface area (Å²) in [6.07, 6.45) is 0. The fourth-order valence-electron chi connectivity index (χ4n) is 2.69. The first-order valence-corrected chi connectivity index (χ1v) is 7.96. The summed E-state index contributed by atoms with van der Waals surface area (Å²) in [5, 5.41) is 29.4. The van der Waals surface area contributed by atoms with Crippen LogP contribution in [-0.2, 0) is 9.59 Å². The second kappa shape index (κ2) is 8.84. The Morgan fingerprint density at radius 2 is 1.62 bits per heavy atom. The van der Waals surface area contributed by atoms with E-state index in [2.05, 4.69) is 5.32 Å². The molecule has 9 heteroatoms. The van der Waals surface area contributed by atoms with Crippen molar-refractivity contribution in [1.82, 2.24) is 5.32 Å². The van der Waals surface area contributed by atoms with Gasteiger partial charge in [0.15, 0.2) is 0 Å². The van der Waals surface area contributed by atoms with Crippen molar-refractivity contribution in [2.45, 2.75) is 26.8 Å². The van der Waals surface area contributed by atoms with Crippen molar-refractivity contribution in [1.29, 1.82) is 0 Å². The van der Waals surface area contributed by atoms with E-state index in [-0.39, 0.29) is 17.0 Å². The molecule has 0 saturated carbocycles. The molecule has 0 aliphatic carbocycles. The molecule has 1 rings (SSSR count). The van der Waals surface area contributed by atoms with Crippen LogP contribution in [0.3, 0.4) is 0 Å². The zero-order valence-electron chi connectivity index (χ0n) is 14.7. The van der Waals surface area contributed by atoms with E-state index in [1.807, 2.05) is 0 Å². The van der Waals surface area contributed by atoms with Crippen molar-refractivity contribution in [2.24, 2.45) is 5.92 Å². The average Bonchev–Trinajstić information content (AvgIpc) is 2.56. The number of carboxylic acids is 3. The number of rotatable bonds is 9. The maximum absolute atomic E-state index is 12.4. The normalized spacial score (nSPS) is 11.7. The Labute approximate surface area is 150 Å². The number of nitrogens with one attached hydrogen (secondary N) is 1. The van der Waals surface area contributed by atoms with Gasteiger partial charge in [0.05, 0.1) is 11.1 Å². The fourth-order valence-corrected chi connectivity index (χ4v) is 2.69. The van der Waals surface area contributed by atoms with Crippen LogP contribution in [0.15, 0.2) is 18.2 Å². The first-order valence-electron chi connectivity index (χ1n) is 7.96. The van der Waals surface area contributed by atoms with Gasteiger partial charge in [-0.1, -0.05) is 13.8 Å². The van der Waals surface area contributed by atoms with Gasteiger partial charge in [0.2, 0.25) is 5.91 Å². The minimum absolute atomic E-state index is 0.212. The molecule has 9 nitrogen and oxygen atoms in total. The predicted molar refractivity (Wildman–Crippen MR) is 92.7 cm³/mol. The fraction of sp³-hybridized carbons (Fsp3) is 0.412. The molecule has 0 saturated heterocycles. The third kappa shape index (κ3) is 4.95. The molecule has 0 aliphatic heterocycles. The number of aliphatic carboxylic acids is 1. The molecule has 142 valence electrons. The Morgan fingerprint density at radius 3 is 2.04 bits per heavy atom. The molecule has 0 spiro atoms. The number of carbonyl (C=O) groups is 4. The highest BCUT2D eigenvalue weighted by Crippen LogP contribution is 2.25. The lowest BCUT2D eigenvalue weighted by Crippen LogP contribution is -2.51. The monoisotopic (exact) mass is 366 g/mol. The summed E-state index contributed by atoms with van der Waals surface area (Å²) in [5.41, 5.74) is -0.380. The summed E-state index contributed by atoms with van der Waals surface area (Å²) in [4.78, 5) is 47.3. The van der Waals surface area contributed by atoms with E-state index in [1.165, 1.54) is 18.2 Å². The Balaban J connectivity index is 3.31. The summed E-state index contributed by atoms with van der Waals surface area (Å²) in [5.74, 6) is -4.66. The lowest BCUT2D eigenvalue weighted by Gasteiger charge is -2.34. The highest BCUT2D eigenvalue weighted by atomic mass is 16.4. The molecule has 1 aromatic carbocycles. The summed E-state index contributed by atoms with van der Waals surface area (Å²) >= 11 is 0. The summed E-state index contributed by atoms with van der Waals surface area (Å²) in [6, 6.07) is 3.06. The molecule has 1 aromatic rings. The smallest absolute Gasteiger partial charge is 0.336 e. The van der Waals surface area contributed by atoms with Crippen molar-refractivity contribution < 1.29 is 34.5 Å². The topological polar surface area (TPSA) is 144 Å². The van der Waals surface area contributed by atoms with Crippen molar-refractivity contribution in [3.8, 4) is 0 Å². The van der Waals surface area contributed by atoms with Gasteiger partial charge >= 0.3 is 17.9 Å². The summed E-state index contributed by atoms with van der Waals surface area (Å²) in [6.45, 7) is 5.10. The SMILES string of the molecule is CCN(c1ccc(C(=O)O)c(C(=O)O)c1)C(C(=O)NCC(=O)O)C(C)C. The van der Waals surface area contributed by atoms with Crippen LogP contribution in [0.5, 0.6) is 0 Å². The molecule has 4 N–H and O–H groups in total. The molecular weight excluding hydrogens is 344 g/mol. The number of hydrogen-bond donors (Lipinski definition) is 4. The maximum Gasteiger partial charge on any atom is 0.336 e. The number of hydrogen-bond acceptors (Lipinski definition) is 5. The predicted octanol–water partition coefficient (Wildman–Crippen LogP) is 1.13. The molecule has 1 unspecified atom stereocenters. The highest BCUT2D eigenvalue weighted by molar-refractivity contribution is 6.02. The van der Waals surface area contributed by atoms with Gasteiger partial charge in [0.1, 0.15) is 12.6 Å². The Bertz CT molecular complexity index is 715. The van der Waals surface area contributed by atoms with Gasteiger partial charge < -0.3 is 25.5 Å². The van der Waals surface area contributed by atoms with E-state index in [4.69, 9.17) is 10.2 Å². The van der Waals surface area contributed by atoms with E-state index in [9.17, 15) is 24.3 Å². The Morgan fingerprint density at radius 1 is 1.04 bits per heavy atom. The molecule has 0 aromatic heterocycles. The second-order valence-electron chi connectivity index (χ2n) is 5.93. The summed E-state index contributed by atoms with van der Waals surface area (Å²) in [7, 11) is 0. The highest BCUT2D eigenvalue weighted by Gasteiger charge is 2.29. The Hall–Kier alpha value is -3.10. The number of aromatic carboxylic acids is 2. The van der Waals surface area contributed by atoms with Gasteiger partial charge in [0.25, 0.3) is 0 Å². The van der Waals surface area contributed by atoms with Crippen LogP contribution in [0.1, 0.15) is 41.5 Å². The van der Waals surface area contributed by atoms with Gasteiger partial charge in [-0.2, -0.15) is 0 Å². The quantitative estimate of drug-likeness (QED) is 0.509. The number of likely N-dealkylation sites (N-methyl/N-ethyl adjacent to an activating group) is 1. The minimum Gasteiger partial charge on any atom is -0.480 e. The lowest BCUT2D eigenvalue weighted by molar-refractivity contribution is -0.138. The van der Waals surface area contributed by atoms with E-state index >= 15 is 0 Å². The van der Waals surface area contributed by atoms with Crippen molar-refractivity contribution in [3.63, 3.8) is 0 Å². The van der Waals surface area contributed by atoms with Crippen LogP contribution in [0.4, 0.5) is 5.69 Å². The van der Waals surface area contributed by atoms with Crippen LogP contribution in [0.2, 0.25) is 0 Å². The second-order valence-corrected chi connectivity index (χ2v) is 5.93. The number of carboxylic acid groups (broad SMARTS) is 3. The summed E-state index contributed by atoms with van der Waals surface area (Å²) < 4.78 is 0. The molecule has 1 amide bonds. The van der Waals surface area contributed by atoms with Crippen LogP contribution in [-0.4, -0.2) is 58.3 Å². The molecular formula is C17H22N2O7. The zero-order valence-corrected chi connectivity index (χ0v) is 14.7. The average molecular weight is 366 g/mol. The number of benzene rings is 1. The van der Waals surface area contributed by atoms with E-state index < -0.39 is 36.4 Å². The molecule has 26 heavy (non-hydrogen) atoms. The van der Waals surface area contributed by atoms with Crippen LogP contribution in [0, 0.1) is 5.92 Å².